The Kier molecular flexibility index (Phi) is 5.25. The van der Waals surface area contributed by atoms with Gasteiger partial charge in [-0.25, -0.2) is 4.98 Å². The minimum Gasteiger partial charge on any atom is -0.349 e. The van der Waals surface area contributed by atoms with Crippen molar-refractivity contribution in [2.45, 2.75) is 24.0 Å². The molecule has 0 amide bonds. The highest BCUT2D eigenvalue weighted by atomic mass is 32.2. The SMILES string of the molecule is Cc1ccc(CSc2nc3c([nH]c4ccccc43)c(=O)n2-c2cccc(C(F)(F)F)c2)cc1. The predicted octanol–water partition coefficient (Wildman–Crippen LogP) is 6.49. The van der Waals surface area contributed by atoms with Gasteiger partial charge >= 0.3 is 6.18 Å². The molecule has 0 aliphatic carbocycles. The van der Waals surface area contributed by atoms with Gasteiger partial charge in [0.25, 0.3) is 5.56 Å². The molecule has 0 radical (unpaired) electrons. The van der Waals surface area contributed by atoms with Crippen molar-refractivity contribution >= 4 is 33.7 Å². The van der Waals surface area contributed by atoms with Crippen molar-refractivity contribution in [2.24, 2.45) is 0 Å². The van der Waals surface area contributed by atoms with Crippen LogP contribution in [0.4, 0.5) is 13.2 Å². The van der Waals surface area contributed by atoms with Gasteiger partial charge < -0.3 is 4.98 Å². The normalized spacial score (nSPS) is 12.0. The molecule has 33 heavy (non-hydrogen) atoms. The Bertz CT molecular complexity index is 1540. The third-order valence-electron chi connectivity index (χ3n) is 5.41. The quantitative estimate of drug-likeness (QED) is 0.244. The molecule has 5 rings (SSSR count). The van der Waals surface area contributed by atoms with Crippen molar-refractivity contribution in [1.82, 2.24) is 14.5 Å². The number of fused-ring (bicyclic) bond motifs is 3. The minimum absolute atomic E-state index is 0.120. The summed E-state index contributed by atoms with van der Waals surface area (Å²) in [5.41, 5.74) is 2.51. The maximum absolute atomic E-state index is 13.5. The predicted molar refractivity (Wildman–Crippen MR) is 125 cm³/mol. The van der Waals surface area contributed by atoms with Crippen LogP contribution in [0.5, 0.6) is 0 Å². The van der Waals surface area contributed by atoms with E-state index in [9.17, 15) is 18.0 Å². The third kappa shape index (κ3) is 4.02. The average Bonchev–Trinajstić information content (AvgIpc) is 3.17. The zero-order valence-electron chi connectivity index (χ0n) is 17.5. The highest BCUT2D eigenvalue weighted by Gasteiger charge is 2.31. The van der Waals surface area contributed by atoms with Gasteiger partial charge in [0.2, 0.25) is 0 Å². The summed E-state index contributed by atoms with van der Waals surface area (Å²) in [7, 11) is 0. The number of aromatic nitrogens is 3. The summed E-state index contributed by atoms with van der Waals surface area (Å²) >= 11 is 1.31. The Morgan fingerprint density at radius 1 is 1.00 bits per heavy atom. The molecule has 0 atom stereocenters. The first-order chi connectivity index (χ1) is 15.8. The van der Waals surface area contributed by atoms with Crippen molar-refractivity contribution < 1.29 is 13.2 Å². The number of nitrogens with zero attached hydrogens (tertiary/aromatic N) is 2. The molecule has 4 nitrogen and oxygen atoms in total. The van der Waals surface area contributed by atoms with Gasteiger partial charge in [0, 0.05) is 16.7 Å². The van der Waals surface area contributed by atoms with E-state index >= 15 is 0 Å². The summed E-state index contributed by atoms with van der Waals surface area (Å²) in [5, 5.41) is 1.12. The van der Waals surface area contributed by atoms with E-state index in [4.69, 9.17) is 4.98 Å². The van der Waals surface area contributed by atoms with Crippen LogP contribution >= 0.6 is 11.8 Å². The molecular formula is C25H18F3N3OS. The first-order valence-electron chi connectivity index (χ1n) is 10.2. The van der Waals surface area contributed by atoms with E-state index in [0.29, 0.717) is 16.4 Å². The van der Waals surface area contributed by atoms with Crippen LogP contribution in [0.25, 0.3) is 27.6 Å². The van der Waals surface area contributed by atoms with Gasteiger partial charge in [-0.05, 0) is 36.8 Å². The van der Waals surface area contributed by atoms with Crippen LogP contribution in [0.1, 0.15) is 16.7 Å². The summed E-state index contributed by atoms with van der Waals surface area (Å²) in [6, 6.07) is 20.1. The highest BCUT2D eigenvalue weighted by Crippen LogP contribution is 2.32. The van der Waals surface area contributed by atoms with Gasteiger partial charge in [-0.3, -0.25) is 9.36 Å². The molecule has 3 aromatic carbocycles. The summed E-state index contributed by atoms with van der Waals surface area (Å²) in [5.74, 6) is 0.513. The van der Waals surface area contributed by atoms with Crippen molar-refractivity contribution in [3.05, 3.63) is 99.8 Å². The van der Waals surface area contributed by atoms with E-state index in [1.165, 1.54) is 28.5 Å². The lowest BCUT2D eigenvalue weighted by Gasteiger charge is -2.14. The van der Waals surface area contributed by atoms with Crippen LogP contribution in [0, 0.1) is 6.92 Å². The van der Waals surface area contributed by atoms with Crippen molar-refractivity contribution in [3.63, 3.8) is 0 Å². The average molecular weight is 466 g/mol. The van der Waals surface area contributed by atoms with Crippen LogP contribution in [-0.4, -0.2) is 14.5 Å². The number of benzene rings is 3. The Morgan fingerprint density at radius 3 is 2.52 bits per heavy atom. The third-order valence-corrected chi connectivity index (χ3v) is 6.42. The molecule has 5 aromatic rings. The molecule has 1 N–H and O–H groups in total. The summed E-state index contributed by atoms with van der Waals surface area (Å²) in [4.78, 5) is 21.4. The van der Waals surface area contributed by atoms with Gasteiger partial charge in [-0.15, -0.1) is 0 Å². The monoisotopic (exact) mass is 465 g/mol. The van der Waals surface area contributed by atoms with Gasteiger partial charge in [0.15, 0.2) is 5.16 Å². The summed E-state index contributed by atoms with van der Waals surface area (Å²) < 4.78 is 41.4. The van der Waals surface area contributed by atoms with Crippen molar-refractivity contribution in [1.29, 1.82) is 0 Å². The minimum atomic E-state index is -4.52. The topological polar surface area (TPSA) is 50.7 Å². The second-order valence-corrected chi connectivity index (χ2v) is 8.69. The number of para-hydroxylation sites is 1. The first kappa shape index (κ1) is 21.3. The molecule has 0 spiro atoms. The number of nitrogens with one attached hydrogen (secondary N) is 1. The van der Waals surface area contributed by atoms with Crippen molar-refractivity contribution in [3.8, 4) is 5.69 Å². The lowest BCUT2D eigenvalue weighted by Crippen LogP contribution is -2.22. The van der Waals surface area contributed by atoms with E-state index in [1.807, 2.05) is 55.5 Å². The molecule has 166 valence electrons. The molecule has 0 fully saturated rings. The van der Waals surface area contributed by atoms with E-state index in [-0.39, 0.29) is 11.2 Å². The summed E-state index contributed by atoms with van der Waals surface area (Å²) in [6.45, 7) is 1.99. The van der Waals surface area contributed by atoms with Crippen LogP contribution in [0.15, 0.2) is 82.7 Å². The molecule has 0 bridgehead atoms. The highest BCUT2D eigenvalue weighted by molar-refractivity contribution is 7.98. The summed E-state index contributed by atoms with van der Waals surface area (Å²) in [6.07, 6.45) is -4.52. The molecule has 0 unspecified atom stereocenters. The number of halogens is 3. The number of alkyl halides is 3. The second-order valence-electron chi connectivity index (χ2n) is 7.75. The maximum Gasteiger partial charge on any atom is 0.416 e. The van der Waals surface area contributed by atoms with E-state index < -0.39 is 17.3 Å². The van der Waals surface area contributed by atoms with Gasteiger partial charge in [0.05, 0.1) is 11.3 Å². The van der Waals surface area contributed by atoms with Gasteiger partial charge in [-0.1, -0.05) is 65.9 Å². The molecule has 0 aliphatic heterocycles. The number of hydrogen-bond acceptors (Lipinski definition) is 3. The number of thioether (sulfide) groups is 1. The lowest BCUT2D eigenvalue weighted by molar-refractivity contribution is -0.137. The fourth-order valence-corrected chi connectivity index (χ4v) is 4.68. The number of aromatic amines is 1. The maximum atomic E-state index is 13.5. The smallest absolute Gasteiger partial charge is 0.349 e. The van der Waals surface area contributed by atoms with Crippen LogP contribution in [0.3, 0.4) is 0 Å². The fraction of sp³-hybridized carbons (Fsp3) is 0.120. The number of hydrogen-bond donors (Lipinski definition) is 1. The van der Waals surface area contributed by atoms with Crippen LogP contribution in [-0.2, 0) is 11.9 Å². The molecule has 8 heteroatoms. The largest absolute Gasteiger partial charge is 0.416 e. The second kappa shape index (κ2) is 8.12. The Balaban J connectivity index is 1.71. The molecule has 2 aromatic heterocycles. The molecule has 0 saturated heterocycles. The molecule has 0 saturated carbocycles. The molecular weight excluding hydrogens is 447 g/mol. The van der Waals surface area contributed by atoms with E-state index in [0.717, 1.165) is 34.2 Å². The van der Waals surface area contributed by atoms with Crippen LogP contribution in [0.2, 0.25) is 0 Å². The lowest BCUT2D eigenvalue weighted by atomic mass is 10.2. The van der Waals surface area contributed by atoms with E-state index in [1.54, 1.807) is 0 Å². The Hall–Kier alpha value is -3.52. The zero-order valence-corrected chi connectivity index (χ0v) is 18.3. The standard InChI is InChI=1S/C25H18F3N3OS/c1-15-9-11-16(12-10-15)14-33-24-30-21-19-7-2-3-8-20(19)29-22(21)23(32)31(24)18-6-4-5-17(13-18)25(26,27)28/h2-13,29H,14H2,1H3. The van der Waals surface area contributed by atoms with Gasteiger partial charge in [0.1, 0.15) is 11.0 Å². The number of H-pyrrole nitrogens is 1. The Morgan fingerprint density at radius 2 is 1.76 bits per heavy atom. The van der Waals surface area contributed by atoms with E-state index in [2.05, 4.69) is 4.98 Å². The molecule has 2 heterocycles. The van der Waals surface area contributed by atoms with Crippen LogP contribution < -0.4 is 5.56 Å². The Labute approximate surface area is 191 Å². The fourth-order valence-electron chi connectivity index (χ4n) is 3.72. The number of rotatable bonds is 4. The zero-order chi connectivity index (χ0) is 23.2. The number of aryl methyl sites for hydroxylation is 1. The first-order valence-corrected chi connectivity index (χ1v) is 11.2. The molecule has 0 aliphatic rings. The van der Waals surface area contributed by atoms with Gasteiger partial charge in [-0.2, -0.15) is 13.2 Å². The van der Waals surface area contributed by atoms with Crippen molar-refractivity contribution in [2.75, 3.05) is 0 Å².